The Kier molecular flexibility index (Phi) is 4.57. The van der Waals surface area contributed by atoms with Crippen LogP contribution in [0.3, 0.4) is 0 Å². The van der Waals surface area contributed by atoms with Gasteiger partial charge in [-0.1, -0.05) is 30.7 Å². The molecular weight excluding hydrogens is 320 g/mol. The number of halogens is 1. The number of carbonyl (C=O) groups excluding carboxylic acids is 1. The molecule has 2 aliphatic heterocycles. The van der Waals surface area contributed by atoms with Crippen molar-refractivity contribution in [2.45, 2.75) is 44.6 Å². The molecule has 4 heteroatoms. The number of amides is 1. The molecule has 24 heavy (non-hydrogen) atoms. The molecular formula is C20H27ClN2O. The van der Waals surface area contributed by atoms with Crippen LogP contribution in [0.2, 0.25) is 5.02 Å². The summed E-state index contributed by atoms with van der Waals surface area (Å²) in [5, 5.41) is 0.778. The Morgan fingerprint density at radius 2 is 1.71 bits per heavy atom. The average molecular weight is 347 g/mol. The lowest BCUT2D eigenvalue weighted by atomic mass is 9.90. The SMILES string of the molecule is C[C@@H]1CN(C(=O)C2CCN(C3CC3)CC2)C[C@H]1c1ccc(Cl)cc1. The smallest absolute Gasteiger partial charge is 0.225 e. The monoisotopic (exact) mass is 346 g/mol. The van der Waals surface area contributed by atoms with E-state index in [1.165, 1.54) is 18.4 Å². The number of piperidine rings is 1. The van der Waals surface area contributed by atoms with Gasteiger partial charge in [0.2, 0.25) is 5.91 Å². The molecule has 2 atom stereocenters. The van der Waals surface area contributed by atoms with Gasteiger partial charge in [-0.3, -0.25) is 4.79 Å². The van der Waals surface area contributed by atoms with Crippen LogP contribution in [-0.2, 0) is 4.79 Å². The molecule has 0 N–H and O–H groups in total. The van der Waals surface area contributed by atoms with E-state index in [-0.39, 0.29) is 5.92 Å². The molecule has 0 aromatic heterocycles. The van der Waals surface area contributed by atoms with Crippen molar-refractivity contribution in [1.82, 2.24) is 9.80 Å². The largest absolute Gasteiger partial charge is 0.342 e. The van der Waals surface area contributed by atoms with Gasteiger partial charge in [0.05, 0.1) is 0 Å². The van der Waals surface area contributed by atoms with Crippen molar-refractivity contribution in [3.8, 4) is 0 Å². The molecule has 1 aliphatic carbocycles. The Labute approximate surface area is 150 Å². The molecule has 3 fully saturated rings. The highest BCUT2D eigenvalue weighted by Gasteiger charge is 2.38. The van der Waals surface area contributed by atoms with E-state index < -0.39 is 0 Å². The zero-order valence-electron chi connectivity index (χ0n) is 14.5. The van der Waals surface area contributed by atoms with Gasteiger partial charge >= 0.3 is 0 Å². The molecule has 1 saturated carbocycles. The predicted molar refractivity (Wildman–Crippen MR) is 97.3 cm³/mol. The molecule has 1 aromatic rings. The molecule has 4 rings (SSSR count). The third-order valence-electron chi connectivity index (χ3n) is 6.16. The van der Waals surface area contributed by atoms with Gasteiger partial charge in [0.25, 0.3) is 0 Å². The minimum atomic E-state index is 0.246. The van der Waals surface area contributed by atoms with Gasteiger partial charge in [0.1, 0.15) is 0 Å². The van der Waals surface area contributed by atoms with Crippen molar-refractivity contribution in [3.63, 3.8) is 0 Å². The van der Waals surface area contributed by atoms with Crippen LogP contribution in [0.5, 0.6) is 0 Å². The van der Waals surface area contributed by atoms with E-state index >= 15 is 0 Å². The first kappa shape index (κ1) is 16.4. The number of rotatable bonds is 3. The lowest BCUT2D eigenvalue weighted by molar-refractivity contribution is -0.136. The summed E-state index contributed by atoms with van der Waals surface area (Å²) < 4.78 is 0. The Morgan fingerprint density at radius 1 is 1.04 bits per heavy atom. The molecule has 1 aromatic carbocycles. The van der Waals surface area contributed by atoms with Gasteiger partial charge in [-0.2, -0.15) is 0 Å². The zero-order valence-corrected chi connectivity index (χ0v) is 15.2. The third kappa shape index (κ3) is 3.34. The van der Waals surface area contributed by atoms with E-state index in [1.54, 1.807) is 0 Å². The number of carbonyl (C=O) groups is 1. The Morgan fingerprint density at radius 3 is 2.33 bits per heavy atom. The van der Waals surface area contributed by atoms with E-state index in [2.05, 4.69) is 28.9 Å². The number of benzene rings is 1. The predicted octanol–water partition coefficient (Wildman–Crippen LogP) is 3.78. The summed E-state index contributed by atoms with van der Waals surface area (Å²) >= 11 is 6.01. The molecule has 0 radical (unpaired) electrons. The van der Waals surface area contributed by atoms with Crippen LogP contribution in [0, 0.1) is 11.8 Å². The summed E-state index contributed by atoms with van der Waals surface area (Å²) in [6, 6.07) is 8.99. The third-order valence-corrected chi connectivity index (χ3v) is 6.42. The highest BCUT2D eigenvalue weighted by Crippen LogP contribution is 2.36. The molecule has 0 unspecified atom stereocenters. The fourth-order valence-corrected chi connectivity index (χ4v) is 4.63. The van der Waals surface area contributed by atoms with Crippen molar-refractivity contribution in [3.05, 3.63) is 34.9 Å². The van der Waals surface area contributed by atoms with Gasteiger partial charge in [0.15, 0.2) is 0 Å². The zero-order chi connectivity index (χ0) is 16.7. The summed E-state index contributed by atoms with van der Waals surface area (Å²) in [4.78, 5) is 17.7. The average Bonchev–Trinajstić information content (AvgIpc) is 3.38. The minimum Gasteiger partial charge on any atom is -0.342 e. The van der Waals surface area contributed by atoms with E-state index in [1.807, 2.05) is 12.1 Å². The van der Waals surface area contributed by atoms with Crippen LogP contribution in [0.1, 0.15) is 44.1 Å². The molecule has 3 aliphatic rings. The molecule has 0 spiro atoms. The Bertz CT molecular complexity index is 590. The second-order valence-corrected chi connectivity index (χ2v) is 8.36. The van der Waals surface area contributed by atoms with Crippen LogP contribution in [0.4, 0.5) is 0 Å². The molecule has 2 heterocycles. The summed E-state index contributed by atoms with van der Waals surface area (Å²) in [5.74, 6) is 1.60. The fraction of sp³-hybridized carbons (Fsp3) is 0.650. The van der Waals surface area contributed by atoms with Crippen LogP contribution in [0.15, 0.2) is 24.3 Å². The van der Waals surface area contributed by atoms with Gasteiger partial charge in [-0.05, 0) is 62.4 Å². The summed E-state index contributed by atoms with van der Waals surface area (Å²) in [7, 11) is 0. The maximum atomic E-state index is 13.0. The molecule has 1 amide bonds. The first-order valence-corrected chi connectivity index (χ1v) is 9.78. The standard InChI is InChI=1S/C20H27ClN2O/c1-14-12-23(13-19(14)15-2-4-17(21)5-3-15)20(24)16-8-10-22(11-9-16)18-6-7-18/h2-5,14,16,18-19H,6-13H2,1H3/t14-,19-/m1/s1. The van der Waals surface area contributed by atoms with E-state index in [9.17, 15) is 4.79 Å². The van der Waals surface area contributed by atoms with Gasteiger partial charge in [0, 0.05) is 36.0 Å². The topological polar surface area (TPSA) is 23.6 Å². The maximum Gasteiger partial charge on any atom is 0.225 e. The van der Waals surface area contributed by atoms with Crippen LogP contribution >= 0.6 is 11.6 Å². The second kappa shape index (κ2) is 6.68. The van der Waals surface area contributed by atoms with Gasteiger partial charge < -0.3 is 9.80 Å². The number of nitrogens with zero attached hydrogens (tertiary/aromatic N) is 2. The first-order chi connectivity index (χ1) is 11.6. The van der Waals surface area contributed by atoms with Crippen molar-refractivity contribution in [1.29, 1.82) is 0 Å². The number of likely N-dealkylation sites (tertiary alicyclic amines) is 2. The van der Waals surface area contributed by atoms with E-state index in [0.29, 0.717) is 17.7 Å². The molecule has 0 bridgehead atoms. The van der Waals surface area contributed by atoms with Crippen molar-refractivity contribution in [2.24, 2.45) is 11.8 Å². The normalized spacial score (nSPS) is 29.2. The lowest BCUT2D eigenvalue weighted by Crippen LogP contribution is -2.42. The van der Waals surface area contributed by atoms with Crippen molar-refractivity contribution < 1.29 is 4.79 Å². The molecule has 3 nitrogen and oxygen atoms in total. The summed E-state index contributed by atoms with van der Waals surface area (Å²) in [6.07, 6.45) is 4.83. The number of hydrogen-bond acceptors (Lipinski definition) is 2. The summed E-state index contributed by atoms with van der Waals surface area (Å²) in [6.45, 7) is 6.26. The minimum absolute atomic E-state index is 0.246. The quantitative estimate of drug-likeness (QED) is 0.831. The first-order valence-electron chi connectivity index (χ1n) is 9.40. The van der Waals surface area contributed by atoms with Crippen molar-refractivity contribution >= 4 is 17.5 Å². The fourth-order valence-electron chi connectivity index (χ4n) is 4.50. The van der Waals surface area contributed by atoms with E-state index in [4.69, 9.17) is 11.6 Å². The van der Waals surface area contributed by atoms with Gasteiger partial charge in [-0.15, -0.1) is 0 Å². The Hall–Kier alpha value is -1.06. The Balaban J connectivity index is 1.36. The van der Waals surface area contributed by atoms with Crippen molar-refractivity contribution in [2.75, 3.05) is 26.2 Å². The van der Waals surface area contributed by atoms with Crippen LogP contribution in [-0.4, -0.2) is 47.9 Å². The summed E-state index contributed by atoms with van der Waals surface area (Å²) in [5.41, 5.74) is 1.31. The maximum absolute atomic E-state index is 13.0. The van der Waals surface area contributed by atoms with Gasteiger partial charge in [-0.25, -0.2) is 0 Å². The number of hydrogen-bond donors (Lipinski definition) is 0. The molecule has 130 valence electrons. The van der Waals surface area contributed by atoms with Crippen LogP contribution in [0.25, 0.3) is 0 Å². The lowest BCUT2D eigenvalue weighted by Gasteiger charge is -2.33. The highest BCUT2D eigenvalue weighted by atomic mass is 35.5. The van der Waals surface area contributed by atoms with E-state index in [0.717, 1.165) is 50.1 Å². The molecule has 2 saturated heterocycles. The second-order valence-electron chi connectivity index (χ2n) is 7.92. The highest BCUT2D eigenvalue weighted by molar-refractivity contribution is 6.30. The van der Waals surface area contributed by atoms with Crippen LogP contribution < -0.4 is 0 Å².